The van der Waals surface area contributed by atoms with Crippen LogP contribution in [0.25, 0.3) is 0 Å². The van der Waals surface area contributed by atoms with Crippen molar-refractivity contribution in [2.75, 3.05) is 0 Å². The number of hydrogen-bond donors (Lipinski definition) is 1. The monoisotopic (exact) mass is 309 g/mol. The maximum absolute atomic E-state index is 6.25. The summed E-state index contributed by atoms with van der Waals surface area (Å²) in [5, 5.41) is 4.50. The SMILES string of the molecule is CC(C)NCc1cccc(Cl)c1Oc1ccccc1Cl. The Kier molecular flexibility index (Phi) is 5.30. The molecule has 0 fully saturated rings. The summed E-state index contributed by atoms with van der Waals surface area (Å²) in [6.45, 7) is 4.89. The second kappa shape index (κ2) is 6.98. The molecule has 0 aromatic heterocycles. The Morgan fingerprint density at radius 3 is 2.40 bits per heavy atom. The molecule has 0 aliphatic carbocycles. The molecule has 0 amide bonds. The molecule has 0 bridgehead atoms. The van der Waals surface area contributed by atoms with E-state index in [1.807, 2.05) is 36.4 Å². The van der Waals surface area contributed by atoms with Gasteiger partial charge in [0.15, 0.2) is 5.75 Å². The van der Waals surface area contributed by atoms with Crippen molar-refractivity contribution in [1.29, 1.82) is 0 Å². The summed E-state index contributed by atoms with van der Waals surface area (Å²) in [5.41, 5.74) is 1.01. The highest BCUT2D eigenvalue weighted by Crippen LogP contribution is 2.35. The van der Waals surface area contributed by atoms with Crippen molar-refractivity contribution < 1.29 is 4.74 Å². The first-order valence-corrected chi connectivity index (χ1v) is 7.26. The lowest BCUT2D eigenvalue weighted by Crippen LogP contribution is -2.22. The third kappa shape index (κ3) is 3.89. The summed E-state index contributed by atoms with van der Waals surface area (Å²) in [5.74, 6) is 1.25. The van der Waals surface area contributed by atoms with Crippen molar-refractivity contribution in [3.63, 3.8) is 0 Å². The molecule has 2 nitrogen and oxygen atoms in total. The number of para-hydroxylation sites is 2. The zero-order valence-corrected chi connectivity index (χ0v) is 13.0. The zero-order valence-electron chi connectivity index (χ0n) is 11.5. The molecule has 0 unspecified atom stereocenters. The summed E-state index contributed by atoms with van der Waals surface area (Å²) < 4.78 is 5.90. The van der Waals surface area contributed by atoms with Gasteiger partial charge in [0.2, 0.25) is 0 Å². The van der Waals surface area contributed by atoms with Gasteiger partial charge in [-0.3, -0.25) is 0 Å². The first-order valence-electron chi connectivity index (χ1n) is 6.51. The van der Waals surface area contributed by atoms with Gasteiger partial charge in [-0.2, -0.15) is 0 Å². The van der Waals surface area contributed by atoms with Crippen LogP contribution in [-0.2, 0) is 6.54 Å². The number of benzene rings is 2. The molecular weight excluding hydrogens is 293 g/mol. The molecule has 0 aliphatic heterocycles. The molecule has 0 saturated heterocycles. The molecule has 0 heterocycles. The van der Waals surface area contributed by atoms with Gasteiger partial charge in [0, 0.05) is 18.2 Å². The minimum atomic E-state index is 0.391. The molecule has 2 rings (SSSR count). The molecule has 106 valence electrons. The van der Waals surface area contributed by atoms with Gasteiger partial charge in [0.05, 0.1) is 10.0 Å². The lowest BCUT2D eigenvalue weighted by Gasteiger charge is -2.15. The number of hydrogen-bond acceptors (Lipinski definition) is 2. The smallest absolute Gasteiger partial charge is 0.150 e. The van der Waals surface area contributed by atoms with Gasteiger partial charge < -0.3 is 10.1 Å². The first kappa shape index (κ1) is 15.2. The van der Waals surface area contributed by atoms with E-state index in [1.54, 1.807) is 6.07 Å². The standard InChI is InChI=1S/C16H17Cl2NO/c1-11(2)19-10-12-6-5-8-14(18)16(12)20-15-9-4-3-7-13(15)17/h3-9,11,19H,10H2,1-2H3. The van der Waals surface area contributed by atoms with Gasteiger partial charge in [0.1, 0.15) is 5.75 Å². The minimum absolute atomic E-state index is 0.391. The predicted molar refractivity (Wildman–Crippen MR) is 85.0 cm³/mol. The molecule has 0 atom stereocenters. The largest absolute Gasteiger partial charge is 0.454 e. The van der Waals surface area contributed by atoms with Crippen LogP contribution < -0.4 is 10.1 Å². The number of halogens is 2. The molecule has 2 aromatic rings. The maximum Gasteiger partial charge on any atom is 0.150 e. The molecule has 0 radical (unpaired) electrons. The van der Waals surface area contributed by atoms with E-state index < -0.39 is 0 Å². The van der Waals surface area contributed by atoms with E-state index in [-0.39, 0.29) is 0 Å². The van der Waals surface area contributed by atoms with Crippen LogP contribution in [0.5, 0.6) is 11.5 Å². The molecule has 0 spiro atoms. The van der Waals surface area contributed by atoms with E-state index in [1.165, 1.54) is 0 Å². The fourth-order valence-corrected chi connectivity index (χ4v) is 2.17. The minimum Gasteiger partial charge on any atom is -0.454 e. The fraction of sp³-hybridized carbons (Fsp3) is 0.250. The van der Waals surface area contributed by atoms with Crippen LogP contribution in [0.4, 0.5) is 0 Å². The third-order valence-corrected chi connectivity index (χ3v) is 3.41. The second-order valence-electron chi connectivity index (χ2n) is 4.80. The van der Waals surface area contributed by atoms with Crippen molar-refractivity contribution in [2.24, 2.45) is 0 Å². The summed E-state index contributed by atoms with van der Waals surface area (Å²) in [6, 6.07) is 13.5. The van der Waals surface area contributed by atoms with Crippen LogP contribution in [0.3, 0.4) is 0 Å². The number of rotatable bonds is 5. The highest BCUT2D eigenvalue weighted by molar-refractivity contribution is 6.33. The Hall–Kier alpha value is -1.22. The quantitative estimate of drug-likeness (QED) is 0.811. The summed E-state index contributed by atoms with van der Waals surface area (Å²) in [4.78, 5) is 0. The van der Waals surface area contributed by atoms with Crippen molar-refractivity contribution >= 4 is 23.2 Å². The van der Waals surface area contributed by atoms with Crippen molar-refractivity contribution in [3.05, 3.63) is 58.1 Å². The van der Waals surface area contributed by atoms with Crippen LogP contribution in [0.1, 0.15) is 19.4 Å². The normalized spacial score (nSPS) is 10.8. The van der Waals surface area contributed by atoms with Crippen molar-refractivity contribution in [3.8, 4) is 11.5 Å². The Labute approximate surface area is 129 Å². The van der Waals surface area contributed by atoms with E-state index in [0.717, 1.165) is 5.56 Å². The number of ether oxygens (including phenoxy) is 1. The van der Waals surface area contributed by atoms with Crippen molar-refractivity contribution in [2.45, 2.75) is 26.4 Å². The lowest BCUT2D eigenvalue weighted by atomic mass is 10.2. The van der Waals surface area contributed by atoms with Gasteiger partial charge in [0.25, 0.3) is 0 Å². The number of nitrogens with one attached hydrogen (secondary N) is 1. The Morgan fingerprint density at radius 2 is 1.70 bits per heavy atom. The van der Waals surface area contributed by atoms with Crippen molar-refractivity contribution in [1.82, 2.24) is 5.32 Å². The van der Waals surface area contributed by atoms with Crippen LogP contribution in [-0.4, -0.2) is 6.04 Å². The maximum atomic E-state index is 6.25. The second-order valence-corrected chi connectivity index (χ2v) is 5.61. The third-order valence-electron chi connectivity index (χ3n) is 2.80. The van der Waals surface area contributed by atoms with E-state index >= 15 is 0 Å². The van der Waals surface area contributed by atoms with Gasteiger partial charge in [-0.1, -0.05) is 61.3 Å². The Morgan fingerprint density at radius 1 is 1.00 bits per heavy atom. The van der Waals surface area contributed by atoms with Crippen LogP contribution in [0.15, 0.2) is 42.5 Å². The first-order chi connectivity index (χ1) is 9.58. The zero-order chi connectivity index (χ0) is 14.5. The summed E-state index contributed by atoms with van der Waals surface area (Å²) in [7, 11) is 0. The summed E-state index contributed by atoms with van der Waals surface area (Å²) in [6.07, 6.45) is 0. The molecular formula is C16H17Cl2NO. The molecule has 4 heteroatoms. The van der Waals surface area contributed by atoms with Crippen LogP contribution >= 0.6 is 23.2 Å². The average Bonchev–Trinajstić information content (AvgIpc) is 2.41. The average molecular weight is 310 g/mol. The summed E-state index contributed by atoms with van der Waals surface area (Å²) >= 11 is 12.4. The lowest BCUT2D eigenvalue weighted by molar-refractivity contribution is 0.470. The molecule has 0 aliphatic rings. The Balaban J connectivity index is 2.28. The molecule has 1 N–H and O–H groups in total. The molecule has 0 saturated carbocycles. The van der Waals surface area contributed by atoms with E-state index in [9.17, 15) is 0 Å². The van der Waals surface area contributed by atoms with E-state index in [0.29, 0.717) is 34.1 Å². The highest BCUT2D eigenvalue weighted by atomic mass is 35.5. The Bertz CT molecular complexity index is 584. The van der Waals surface area contributed by atoms with Gasteiger partial charge in [-0.15, -0.1) is 0 Å². The van der Waals surface area contributed by atoms with E-state index in [2.05, 4.69) is 19.2 Å². The van der Waals surface area contributed by atoms with Gasteiger partial charge in [-0.25, -0.2) is 0 Å². The van der Waals surface area contributed by atoms with Gasteiger partial charge >= 0.3 is 0 Å². The molecule has 20 heavy (non-hydrogen) atoms. The topological polar surface area (TPSA) is 21.3 Å². The molecule has 2 aromatic carbocycles. The van der Waals surface area contributed by atoms with Crippen LogP contribution in [0.2, 0.25) is 10.0 Å². The van der Waals surface area contributed by atoms with Gasteiger partial charge in [-0.05, 0) is 18.2 Å². The van der Waals surface area contributed by atoms with Crippen LogP contribution in [0, 0.1) is 0 Å². The predicted octanol–water partition coefficient (Wildman–Crippen LogP) is 5.28. The van der Waals surface area contributed by atoms with E-state index in [4.69, 9.17) is 27.9 Å². The fourth-order valence-electron chi connectivity index (χ4n) is 1.76. The highest BCUT2D eigenvalue weighted by Gasteiger charge is 2.11.